The number of methoxy groups -OCH3 is 2. The normalized spacial score (nSPS) is 17.3. The Labute approximate surface area is 236 Å². The number of rotatable bonds is 8. The molecule has 0 unspecified atom stereocenters. The Morgan fingerprint density at radius 3 is 2.35 bits per heavy atom. The van der Waals surface area contributed by atoms with Crippen molar-refractivity contribution in [2.75, 3.05) is 38.1 Å². The van der Waals surface area contributed by atoms with Crippen molar-refractivity contribution in [3.8, 4) is 5.88 Å². The summed E-state index contributed by atoms with van der Waals surface area (Å²) in [6, 6.07) is 7.23. The van der Waals surface area contributed by atoms with Gasteiger partial charge in [0.25, 0.3) is 0 Å². The van der Waals surface area contributed by atoms with E-state index < -0.39 is 9.84 Å². The number of sulfone groups is 1. The highest BCUT2D eigenvalue weighted by Crippen LogP contribution is 2.39. The van der Waals surface area contributed by atoms with E-state index in [1.54, 1.807) is 44.6 Å². The van der Waals surface area contributed by atoms with Crippen molar-refractivity contribution in [3.63, 3.8) is 0 Å². The number of amides is 1. The van der Waals surface area contributed by atoms with Gasteiger partial charge in [0, 0.05) is 37.9 Å². The van der Waals surface area contributed by atoms with Crippen LogP contribution in [-0.4, -0.2) is 66.9 Å². The van der Waals surface area contributed by atoms with Gasteiger partial charge in [-0.15, -0.1) is 0 Å². The van der Waals surface area contributed by atoms with E-state index in [2.05, 4.69) is 41.0 Å². The molecule has 1 saturated heterocycles. The van der Waals surface area contributed by atoms with Crippen molar-refractivity contribution in [2.24, 2.45) is 11.3 Å². The molecule has 4 rings (SSSR count). The summed E-state index contributed by atoms with van der Waals surface area (Å²) in [5, 5.41) is 3.36. The fourth-order valence-electron chi connectivity index (χ4n) is 5.45. The molecule has 1 aliphatic heterocycles. The topological polar surface area (TPSA) is 124 Å². The van der Waals surface area contributed by atoms with E-state index in [0.717, 1.165) is 22.3 Å². The first kappa shape index (κ1) is 29.7. The maximum Gasteiger partial charge on any atom is 0.226 e. The fourth-order valence-corrected chi connectivity index (χ4v) is 6.94. The van der Waals surface area contributed by atoms with Crippen LogP contribution in [-0.2, 0) is 19.4 Å². The van der Waals surface area contributed by atoms with Crippen LogP contribution in [0.2, 0.25) is 0 Å². The predicted molar refractivity (Wildman–Crippen MR) is 155 cm³/mol. The molecule has 4 heterocycles. The van der Waals surface area contributed by atoms with Gasteiger partial charge >= 0.3 is 0 Å². The molecular weight excluding hydrogens is 530 g/mol. The molecule has 0 aliphatic carbocycles. The minimum Gasteiger partial charge on any atom is -0.481 e. The zero-order valence-corrected chi connectivity index (χ0v) is 25.1. The van der Waals surface area contributed by atoms with E-state index in [4.69, 9.17) is 9.47 Å². The maximum absolute atomic E-state index is 13.4. The molecule has 0 spiro atoms. The van der Waals surface area contributed by atoms with Crippen molar-refractivity contribution < 1.29 is 22.7 Å². The summed E-state index contributed by atoms with van der Waals surface area (Å²) in [6.45, 7) is 8.19. The molecule has 0 radical (unpaired) electrons. The van der Waals surface area contributed by atoms with Gasteiger partial charge in [-0.05, 0) is 42.9 Å². The van der Waals surface area contributed by atoms with E-state index in [0.29, 0.717) is 30.1 Å². The smallest absolute Gasteiger partial charge is 0.226 e. The first-order valence-corrected chi connectivity index (χ1v) is 15.2. The van der Waals surface area contributed by atoms with Crippen molar-refractivity contribution in [3.05, 3.63) is 47.8 Å². The number of anilines is 2. The van der Waals surface area contributed by atoms with Gasteiger partial charge in [0.15, 0.2) is 0 Å². The second-order valence-corrected chi connectivity index (χ2v) is 13.7. The number of carbonyl (C=O) groups is 1. The average molecular weight is 570 g/mol. The lowest BCUT2D eigenvalue weighted by atomic mass is 9.81. The van der Waals surface area contributed by atoms with E-state index in [-0.39, 0.29) is 40.9 Å². The summed E-state index contributed by atoms with van der Waals surface area (Å²) >= 11 is 0. The van der Waals surface area contributed by atoms with Gasteiger partial charge in [-0.1, -0.05) is 26.8 Å². The molecule has 216 valence electrons. The highest BCUT2D eigenvalue weighted by molar-refractivity contribution is 7.91. The summed E-state index contributed by atoms with van der Waals surface area (Å²) < 4.78 is 34.7. The van der Waals surface area contributed by atoms with Gasteiger partial charge in [-0.2, -0.15) is 0 Å². The Hall–Kier alpha value is -3.31. The highest BCUT2D eigenvalue weighted by atomic mass is 32.2. The number of aromatic nitrogens is 3. The van der Waals surface area contributed by atoms with Gasteiger partial charge in [-0.3, -0.25) is 9.78 Å². The van der Waals surface area contributed by atoms with Crippen LogP contribution in [0.3, 0.4) is 0 Å². The molecule has 0 aromatic carbocycles. The SMILES string of the molecule is COc1ccc2ncc(Nc3ccc([C@H](N(C)C(=O)C4CCS(=O)(=O)CC4)C(C)(C)C)cn3)c([C@@H](C)OC)c2n1. The van der Waals surface area contributed by atoms with Crippen molar-refractivity contribution in [1.82, 2.24) is 19.9 Å². The quantitative estimate of drug-likeness (QED) is 0.405. The molecule has 10 nitrogen and oxygen atoms in total. The molecule has 11 heteroatoms. The van der Waals surface area contributed by atoms with E-state index in [1.165, 1.54) is 0 Å². The van der Waals surface area contributed by atoms with E-state index in [1.807, 2.05) is 25.1 Å². The van der Waals surface area contributed by atoms with Gasteiger partial charge < -0.3 is 19.7 Å². The number of nitrogens with zero attached hydrogens (tertiary/aromatic N) is 4. The third-order valence-corrected chi connectivity index (χ3v) is 9.24. The lowest BCUT2D eigenvalue weighted by Gasteiger charge is -2.40. The first-order valence-electron chi connectivity index (χ1n) is 13.4. The second kappa shape index (κ2) is 11.7. The monoisotopic (exact) mass is 569 g/mol. The van der Waals surface area contributed by atoms with Crippen LogP contribution >= 0.6 is 0 Å². The number of ether oxygens (including phenoxy) is 2. The van der Waals surface area contributed by atoms with Crippen molar-refractivity contribution in [2.45, 2.75) is 52.7 Å². The highest BCUT2D eigenvalue weighted by Gasteiger charge is 2.37. The van der Waals surface area contributed by atoms with Crippen LogP contribution < -0.4 is 10.1 Å². The molecule has 40 heavy (non-hydrogen) atoms. The Kier molecular flexibility index (Phi) is 8.65. The first-order chi connectivity index (χ1) is 18.8. The number of pyridine rings is 3. The van der Waals surface area contributed by atoms with Gasteiger partial charge in [0.05, 0.1) is 48.2 Å². The van der Waals surface area contributed by atoms with Crippen LogP contribution in [0.4, 0.5) is 11.5 Å². The molecule has 3 aromatic heterocycles. The van der Waals surface area contributed by atoms with E-state index >= 15 is 0 Å². The Balaban J connectivity index is 1.61. The van der Waals surface area contributed by atoms with Gasteiger partial charge in [0.2, 0.25) is 11.8 Å². The molecule has 1 aliphatic rings. The molecular formula is C29H39N5O5S. The molecule has 1 N–H and O–H groups in total. The van der Waals surface area contributed by atoms with Crippen LogP contribution in [0.5, 0.6) is 5.88 Å². The van der Waals surface area contributed by atoms with Crippen LogP contribution in [0.25, 0.3) is 11.0 Å². The largest absolute Gasteiger partial charge is 0.481 e. The standard InChI is InChI=1S/C29H39N5O5S/c1-18(38-6)25-22(17-30-21-9-11-24(39-7)33-26(21)25)32-23-10-8-20(16-31-23)27(29(2,3)4)34(5)28(35)19-12-14-40(36,37)15-13-19/h8-11,16-19,27H,12-15H2,1-7H3,(H,31,32)/t18-,27+/m1/s1. The van der Waals surface area contributed by atoms with Crippen molar-refractivity contribution >= 4 is 38.3 Å². The Bertz CT molecular complexity index is 1460. The molecule has 1 amide bonds. The predicted octanol–water partition coefficient (Wildman–Crippen LogP) is 4.85. The zero-order valence-electron chi connectivity index (χ0n) is 24.3. The summed E-state index contributed by atoms with van der Waals surface area (Å²) in [4.78, 5) is 29.0. The zero-order chi connectivity index (χ0) is 29.2. The van der Waals surface area contributed by atoms with Crippen molar-refractivity contribution in [1.29, 1.82) is 0 Å². The summed E-state index contributed by atoms with van der Waals surface area (Å²) in [5.41, 5.74) is 3.57. The molecule has 3 aromatic rings. The lowest BCUT2D eigenvalue weighted by Crippen LogP contribution is -2.43. The van der Waals surface area contributed by atoms with Crippen LogP contribution in [0.1, 0.15) is 63.8 Å². The Morgan fingerprint density at radius 1 is 1.07 bits per heavy atom. The average Bonchev–Trinajstić information content (AvgIpc) is 2.92. The Morgan fingerprint density at radius 2 is 1.77 bits per heavy atom. The van der Waals surface area contributed by atoms with Gasteiger partial charge in [0.1, 0.15) is 21.2 Å². The van der Waals surface area contributed by atoms with Crippen LogP contribution in [0.15, 0.2) is 36.7 Å². The summed E-state index contributed by atoms with van der Waals surface area (Å²) in [5.74, 6) is 0.905. The molecule has 1 fully saturated rings. The number of carbonyl (C=O) groups excluding carboxylic acids is 1. The number of hydrogen-bond acceptors (Lipinski definition) is 9. The second-order valence-electron chi connectivity index (χ2n) is 11.4. The van der Waals surface area contributed by atoms with E-state index in [9.17, 15) is 13.2 Å². The summed E-state index contributed by atoms with van der Waals surface area (Å²) in [6.07, 6.45) is 3.98. The fraction of sp³-hybridized carbons (Fsp3) is 0.517. The third-order valence-electron chi connectivity index (χ3n) is 7.52. The lowest BCUT2D eigenvalue weighted by molar-refractivity contribution is -0.139. The van der Waals surface area contributed by atoms with Gasteiger partial charge in [-0.25, -0.2) is 18.4 Å². The van der Waals surface area contributed by atoms with Crippen LogP contribution in [0, 0.1) is 11.3 Å². The minimum absolute atomic E-state index is 0.0274. The molecule has 2 atom stereocenters. The molecule has 0 saturated carbocycles. The summed E-state index contributed by atoms with van der Waals surface area (Å²) in [7, 11) is 1.97. The number of fused-ring (bicyclic) bond motifs is 1. The number of nitrogens with one attached hydrogen (secondary N) is 1. The minimum atomic E-state index is -3.04. The third kappa shape index (κ3) is 6.36. The maximum atomic E-state index is 13.4. The molecule has 0 bridgehead atoms. The number of hydrogen-bond donors (Lipinski definition) is 1.